The molecule has 0 spiro atoms. The minimum absolute atomic E-state index is 0.749. The number of hydrogen-bond donors (Lipinski definition) is 1. The third kappa shape index (κ3) is 3.49. The zero-order valence-electron chi connectivity index (χ0n) is 14.0. The maximum atomic E-state index is 5.25. The number of aryl methyl sites for hydroxylation is 1. The first-order valence-electron chi connectivity index (χ1n) is 7.81. The van der Waals surface area contributed by atoms with Gasteiger partial charge in [0, 0.05) is 10.9 Å². The molecule has 0 aliphatic heterocycles. The van der Waals surface area contributed by atoms with E-state index in [1.54, 1.807) is 18.4 Å². The molecule has 3 nitrogen and oxygen atoms in total. The van der Waals surface area contributed by atoms with Gasteiger partial charge in [-0.2, -0.15) is 0 Å². The van der Waals surface area contributed by atoms with Crippen LogP contribution in [0.2, 0.25) is 0 Å². The molecule has 122 valence electrons. The Morgan fingerprint density at radius 1 is 1.21 bits per heavy atom. The van der Waals surface area contributed by atoms with Crippen LogP contribution in [-0.4, -0.2) is 7.11 Å². The Labute approximate surface area is 146 Å². The van der Waals surface area contributed by atoms with Crippen molar-refractivity contribution >= 4 is 22.2 Å². The zero-order chi connectivity index (χ0) is 16.9. The summed E-state index contributed by atoms with van der Waals surface area (Å²) in [7, 11) is 1.68. The van der Waals surface area contributed by atoms with Crippen molar-refractivity contribution in [3.63, 3.8) is 0 Å². The third-order valence-electron chi connectivity index (χ3n) is 3.78. The van der Waals surface area contributed by atoms with Crippen LogP contribution < -0.4 is 14.6 Å². The van der Waals surface area contributed by atoms with Gasteiger partial charge < -0.3 is 4.74 Å². The lowest BCUT2D eigenvalue weighted by atomic mass is 10.1. The highest BCUT2D eigenvalue weighted by Gasteiger charge is 2.18. The smallest absolute Gasteiger partial charge is 0.339 e. The second-order valence-corrected chi connectivity index (χ2v) is 6.41. The highest BCUT2D eigenvalue weighted by molar-refractivity contribution is 7.13. The highest BCUT2D eigenvalue weighted by atomic mass is 32.1. The molecule has 0 saturated carbocycles. The number of nitrogens with one attached hydrogen (secondary N) is 1. The molecule has 0 bridgehead atoms. The van der Waals surface area contributed by atoms with Crippen LogP contribution in [-0.2, 0) is 6.54 Å². The average Bonchev–Trinajstić information content (AvgIpc) is 2.98. The second-order valence-electron chi connectivity index (χ2n) is 5.55. The molecular weight excluding hydrogens is 316 g/mol. The monoisotopic (exact) mass is 337 g/mol. The van der Waals surface area contributed by atoms with Gasteiger partial charge in [0.15, 0.2) is 0 Å². The number of methoxy groups -OCH3 is 1. The molecule has 1 N–H and O–H groups in total. The Kier molecular flexibility index (Phi) is 4.96. The predicted octanol–water partition coefficient (Wildman–Crippen LogP) is 4.95. The number of ether oxygens (including phenoxy) is 1. The summed E-state index contributed by atoms with van der Waals surface area (Å²) in [6.45, 7) is 6.74. The summed E-state index contributed by atoms with van der Waals surface area (Å²) in [6.07, 6.45) is 1.92. The number of rotatable bonds is 6. The van der Waals surface area contributed by atoms with Gasteiger partial charge in [0.05, 0.1) is 7.11 Å². The first kappa shape index (κ1) is 16.3. The summed E-state index contributed by atoms with van der Waals surface area (Å²) >= 11 is 1.69. The highest BCUT2D eigenvalue weighted by Crippen LogP contribution is 2.27. The van der Waals surface area contributed by atoms with Crippen molar-refractivity contribution in [1.82, 2.24) is 0 Å². The SMILES string of the molecule is C=CC[n+]1c(-c2ccc(OC)cc2)csc1Nc1cccc(C)c1. The summed E-state index contributed by atoms with van der Waals surface area (Å²) in [6, 6.07) is 16.5. The number of allylic oxidation sites excluding steroid dienone is 1. The summed E-state index contributed by atoms with van der Waals surface area (Å²) in [5.74, 6) is 0.863. The standard InChI is InChI=1S/C20H20N2OS/c1-4-12-22-19(16-8-10-18(23-3)11-9-16)14-24-20(22)21-17-7-5-6-15(2)13-17/h4-11,13-14H,1,12H2,2-3H3/p+1. The molecule has 3 rings (SSSR count). The van der Waals surface area contributed by atoms with Gasteiger partial charge in [0.1, 0.15) is 23.7 Å². The molecule has 1 aromatic heterocycles. The van der Waals surface area contributed by atoms with E-state index in [2.05, 4.69) is 65.2 Å². The Balaban J connectivity index is 1.96. The molecule has 0 aliphatic carbocycles. The van der Waals surface area contributed by atoms with Crippen LogP contribution in [0.1, 0.15) is 5.56 Å². The van der Waals surface area contributed by atoms with Crippen molar-refractivity contribution in [3.8, 4) is 17.0 Å². The minimum atomic E-state index is 0.749. The third-order valence-corrected chi connectivity index (χ3v) is 4.67. The van der Waals surface area contributed by atoms with E-state index in [0.717, 1.165) is 34.4 Å². The first-order valence-corrected chi connectivity index (χ1v) is 8.69. The lowest BCUT2D eigenvalue weighted by Gasteiger charge is -2.05. The number of thiazole rings is 1. The molecule has 3 aromatic rings. The maximum Gasteiger partial charge on any atom is 0.339 e. The van der Waals surface area contributed by atoms with Crippen LogP contribution in [0.5, 0.6) is 5.75 Å². The molecule has 0 saturated heterocycles. The van der Waals surface area contributed by atoms with E-state index in [1.807, 2.05) is 18.2 Å². The molecule has 24 heavy (non-hydrogen) atoms. The first-order chi connectivity index (χ1) is 11.7. The van der Waals surface area contributed by atoms with Crippen LogP contribution in [0.4, 0.5) is 10.8 Å². The van der Waals surface area contributed by atoms with Crippen LogP contribution in [0.15, 0.2) is 66.6 Å². The molecule has 0 unspecified atom stereocenters. The van der Waals surface area contributed by atoms with Gasteiger partial charge in [-0.15, -0.1) is 0 Å². The van der Waals surface area contributed by atoms with E-state index in [1.165, 1.54) is 5.56 Å². The quantitative estimate of drug-likeness (QED) is 0.508. The molecule has 0 atom stereocenters. The van der Waals surface area contributed by atoms with E-state index in [9.17, 15) is 0 Å². The van der Waals surface area contributed by atoms with Crippen molar-refractivity contribution < 1.29 is 9.30 Å². The van der Waals surface area contributed by atoms with E-state index < -0.39 is 0 Å². The average molecular weight is 337 g/mol. The molecule has 0 radical (unpaired) electrons. The van der Waals surface area contributed by atoms with Crippen molar-refractivity contribution in [1.29, 1.82) is 0 Å². The van der Waals surface area contributed by atoms with E-state index in [4.69, 9.17) is 4.74 Å². The van der Waals surface area contributed by atoms with Gasteiger partial charge in [0.2, 0.25) is 0 Å². The molecule has 2 aromatic carbocycles. The Bertz CT molecular complexity index is 837. The van der Waals surface area contributed by atoms with Gasteiger partial charge >= 0.3 is 5.13 Å². The fraction of sp³-hybridized carbons (Fsp3) is 0.150. The largest absolute Gasteiger partial charge is 0.497 e. The molecular formula is C20H21N2OS+. The van der Waals surface area contributed by atoms with E-state index in [-0.39, 0.29) is 0 Å². The van der Waals surface area contributed by atoms with Crippen molar-refractivity contribution in [2.24, 2.45) is 0 Å². The number of benzene rings is 2. The van der Waals surface area contributed by atoms with Crippen molar-refractivity contribution in [3.05, 3.63) is 72.1 Å². The number of nitrogens with zero attached hydrogens (tertiary/aromatic N) is 1. The van der Waals surface area contributed by atoms with Gasteiger partial charge in [-0.05, 0) is 48.9 Å². The minimum Gasteiger partial charge on any atom is -0.497 e. The van der Waals surface area contributed by atoms with Gasteiger partial charge in [-0.25, -0.2) is 9.88 Å². The van der Waals surface area contributed by atoms with Gasteiger partial charge in [-0.3, -0.25) is 0 Å². The number of hydrogen-bond acceptors (Lipinski definition) is 3. The summed E-state index contributed by atoms with van der Waals surface area (Å²) in [5.41, 5.74) is 4.65. The Hall–Kier alpha value is -2.59. The van der Waals surface area contributed by atoms with Crippen LogP contribution in [0.3, 0.4) is 0 Å². The predicted molar refractivity (Wildman–Crippen MR) is 101 cm³/mol. The lowest BCUT2D eigenvalue weighted by Crippen LogP contribution is -2.35. The Morgan fingerprint density at radius 2 is 2.00 bits per heavy atom. The maximum absolute atomic E-state index is 5.25. The zero-order valence-corrected chi connectivity index (χ0v) is 14.8. The number of anilines is 2. The van der Waals surface area contributed by atoms with Crippen molar-refractivity contribution in [2.75, 3.05) is 12.4 Å². The van der Waals surface area contributed by atoms with Crippen LogP contribution >= 0.6 is 11.3 Å². The molecule has 0 fully saturated rings. The van der Waals surface area contributed by atoms with Crippen LogP contribution in [0, 0.1) is 6.92 Å². The molecule has 0 aliphatic rings. The van der Waals surface area contributed by atoms with Crippen molar-refractivity contribution in [2.45, 2.75) is 13.5 Å². The second kappa shape index (κ2) is 7.32. The fourth-order valence-electron chi connectivity index (χ4n) is 2.59. The van der Waals surface area contributed by atoms with Gasteiger partial charge in [-0.1, -0.05) is 36.1 Å². The molecule has 1 heterocycles. The summed E-state index contributed by atoms with van der Waals surface area (Å²) in [4.78, 5) is 0. The summed E-state index contributed by atoms with van der Waals surface area (Å²) in [5, 5.41) is 6.78. The fourth-order valence-corrected chi connectivity index (χ4v) is 3.55. The van der Waals surface area contributed by atoms with Gasteiger partial charge in [0.25, 0.3) is 0 Å². The normalized spacial score (nSPS) is 10.4. The Morgan fingerprint density at radius 3 is 2.67 bits per heavy atom. The van der Waals surface area contributed by atoms with Crippen LogP contribution in [0.25, 0.3) is 11.3 Å². The lowest BCUT2D eigenvalue weighted by molar-refractivity contribution is -0.657. The number of aromatic nitrogens is 1. The topological polar surface area (TPSA) is 25.1 Å². The molecule has 4 heteroatoms. The van der Waals surface area contributed by atoms with E-state index in [0.29, 0.717) is 0 Å². The summed E-state index contributed by atoms with van der Waals surface area (Å²) < 4.78 is 7.48. The molecule has 0 amide bonds. The van der Waals surface area contributed by atoms with E-state index >= 15 is 0 Å².